The van der Waals surface area contributed by atoms with Crippen LogP contribution in [0.3, 0.4) is 0 Å². The Hall–Kier alpha value is -3.08. The predicted molar refractivity (Wildman–Crippen MR) is 110 cm³/mol. The van der Waals surface area contributed by atoms with E-state index in [1.54, 1.807) is 12.1 Å². The van der Waals surface area contributed by atoms with Crippen LogP contribution in [0, 0.1) is 0 Å². The Labute approximate surface area is 173 Å². The molecule has 1 saturated heterocycles. The number of ether oxygens (including phenoxy) is 2. The van der Waals surface area contributed by atoms with Gasteiger partial charge in [-0.25, -0.2) is 13.4 Å². The quantitative estimate of drug-likeness (QED) is 0.661. The molecule has 0 saturated carbocycles. The van der Waals surface area contributed by atoms with E-state index in [1.165, 1.54) is 35.8 Å². The van der Waals surface area contributed by atoms with Crippen molar-refractivity contribution in [3.05, 3.63) is 54.4 Å². The fourth-order valence-electron chi connectivity index (χ4n) is 3.13. The number of fused-ring (bicyclic) bond motifs is 1. The fourth-order valence-corrected chi connectivity index (χ4v) is 4.57. The highest BCUT2D eigenvalue weighted by Crippen LogP contribution is 2.29. The van der Waals surface area contributed by atoms with Crippen LogP contribution >= 0.6 is 0 Å². The molecule has 0 radical (unpaired) electrons. The average molecular weight is 428 g/mol. The zero-order chi connectivity index (χ0) is 21.1. The fraction of sp³-hybridized carbons (Fsp3) is 0.250. The maximum absolute atomic E-state index is 12.9. The van der Waals surface area contributed by atoms with Crippen LogP contribution in [-0.2, 0) is 14.8 Å². The largest absolute Gasteiger partial charge is 0.495 e. The Bertz CT molecular complexity index is 1190. The number of carbonyl (C=O) groups excluding carboxylic acids is 1. The van der Waals surface area contributed by atoms with Gasteiger partial charge in [0.05, 0.1) is 48.1 Å². The predicted octanol–water partition coefficient (Wildman–Crippen LogP) is 1.91. The highest BCUT2D eigenvalue weighted by molar-refractivity contribution is 7.89. The Morgan fingerprint density at radius 3 is 2.60 bits per heavy atom. The summed E-state index contributed by atoms with van der Waals surface area (Å²) in [4.78, 5) is 21.4. The van der Waals surface area contributed by atoms with E-state index in [0.29, 0.717) is 30.0 Å². The Morgan fingerprint density at radius 2 is 1.87 bits per heavy atom. The number of nitrogens with zero attached hydrogens (tertiary/aromatic N) is 3. The standard InChI is InChI=1S/C20H20N4O5S/c1-28-19-7-6-14(30(26,27)24-8-10-29-11-9-24)12-17(19)23-20(25)18-13-21-15-4-2-3-5-16(15)22-18/h2-7,12-13H,8-11H2,1H3,(H,23,25). The highest BCUT2D eigenvalue weighted by atomic mass is 32.2. The van der Waals surface area contributed by atoms with Gasteiger partial charge >= 0.3 is 0 Å². The molecule has 1 N–H and O–H groups in total. The summed E-state index contributed by atoms with van der Waals surface area (Å²) in [5.74, 6) is -0.189. The molecular weight excluding hydrogens is 408 g/mol. The van der Waals surface area contributed by atoms with Crippen LogP contribution in [0.2, 0.25) is 0 Å². The minimum Gasteiger partial charge on any atom is -0.495 e. The minimum atomic E-state index is -3.72. The third kappa shape index (κ3) is 3.97. The van der Waals surface area contributed by atoms with Crippen molar-refractivity contribution in [2.75, 3.05) is 38.7 Å². The first-order valence-corrected chi connectivity index (χ1v) is 10.7. The molecule has 2 heterocycles. The summed E-state index contributed by atoms with van der Waals surface area (Å²) in [6, 6.07) is 11.5. The molecule has 1 aromatic heterocycles. The SMILES string of the molecule is COc1ccc(S(=O)(=O)N2CCOCC2)cc1NC(=O)c1cnc2ccccc2n1. The number of carbonyl (C=O) groups is 1. The van der Waals surface area contributed by atoms with Gasteiger partial charge in [0, 0.05) is 13.1 Å². The normalized spacial score (nSPS) is 15.1. The number of anilines is 1. The van der Waals surface area contributed by atoms with Crippen LogP contribution < -0.4 is 10.1 Å². The topological polar surface area (TPSA) is 111 Å². The van der Waals surface area contributed by atoms with Gasteiger partial charge in [0.1, 0.15) is 11.4 Å². The maximum Gasteiger partial charge on any atom is 0.275 e. The second-order valence-electron chi connectivity index (χ2n) is 6.58. The van der Waals surface area contributed by atoms with Crippen molar-refractivity contribution in [1.29, 1.82) is 0 Å². The van der Waals surface area contributed by atoms with Gasteiger partial charge in [0.25, 0.3) is 5.91 Å². The summed E-state index contributed by atoms with van der Waals surface area (Å²) >= 11 is 0. The molecule has 1 fully saturated rings. The van der Waals surface area contributed by atoms with Crippen molar-refractivity contribution in [3.63, 3.8) is 0 Å². The molecule has 1 aliphatic heterocycles. The van der Waals surface area contributed by atoms with E-state index in [4.69, 9.17) is 9.47 Å². The molecule has 1 amide bonds. The van der Waals surface area contributed by atoms with E-state index in [1.807, 2.05) is 12.1 Å². The number of methoxy groups -OCH3 is 1. The number of hydrogen-bond donors (Lipinski definition) is 1. The lowest BCUT2D eigenvalue weighted by Crippen LogP contribution is -2.40. The number of aromatic nitrogens is 2. The molecule has 0 spiro atoms. The van der Waals surface area contributed by atoms with Crippen LogP contribution in [0.1, 0.15) is 10.5 Å². The number of benzene rings is 2. The second kappa shape index (κ2) is 8.34. The first-order valence-electron chi connectivity index (χ1n) is 9.28. The second-order valence-corrected chi connectivity index (χ2v) is 8.51. The zero-order valence-corrected chi connectivity index (χ0v) is 17.1. The van der Waals surface area contributed by atoms with Crippen molar-refractivity contribution in [2.45, 2.75) is 4.90 Å². The van der Waals surface area contributed by atoms with E-state index < -0.39 is 15.9 Å². The molecule has 3 aromatic rings. The van der Waals surface area contributed by atoms with Crippen molar-refractivity contribution in [3.8, 4) is 5.75 Å². The summed E-state index contributed by atoms with van der Waals surface area (Å²) < 4.78 is 37.7. The first-order chi connectivity index (χ1) is 14.5. The number of hydrogen-bond acceptors (Lipinski definition) is 7. The molecule has 2 aromatic carbocycles. The number of para-hydroxylation sites is 2. The van der Waals surface area contributed by atoms with Gasteiger partial charge in [0.2, 0.25) is 10.0 Å². The van der Waals surface area contributed by atoms with Gasteiger partial charge in [-0.1, -0.05) is 12.1 Å². The lowest BCUT2D eigenvalue weighted by Gasteiger charge is -2.26. The molecule has 156 valence electrons. The molecule has 0 bridgehead atoms. The minimum absolute atomic E-state index is 0.0603. The number of nitrogens with one attached hydrogen (secondary N) is 1. The van der Waals surface area contributed by atoms with Gasteiger partial charge in [-0.3, -0.25) is 9.78 Å². The zero-order valence-electron chi connectivity index (χ0n) is 16.2. The Morgan fingerprint density at radius 1 is 1.13 bits per heavy atom. The average Bonchev–Trinajstić information content (AvgIpc) is 2.79. The summed E-state index contributed by atoms with van der Waals surface area (Å²) in [5, 5.41) is 2.68. The molecule has 10 heteroatoms. The van der Waals surface area contributed by atoms with E-state index in [2.05, 4.69) is 15.3 Å². The first kappa shape index (κ1) is 20.2. The monoisotopic (exact) mass is 428 g/mol. The number of morpholine rings is 1. The van der Waals surface area contributed by atoms with E-state index in [9.17, 15) is 13.2 Å². The summed E-state index contributed by atoms with van der Waals surface area (Å²) in [6.07, 6.45) is 1.37. The van der Waals surface area contributed by atoms with Crippen molar-refractivity contribution >= 4 is 32.7 Å². The molecule has 1 aliphatic rings. The third-order valence-corrected chi connectivity index (χ3v) is 6.60. The van der Waals surface area contributed by atoms with E-state index in [-0.39, 0.29) is 29.4 Å². The van der Waals surface area contributed by atoms with Gasteiger partial charge in [-0.05, 0) is 30.3 Å². The van der Waals surface area contributed by atoms with Crippen molar-refractivity contribution < 1.29 is 22.7 Å². The van der Waals surface area contributed by atoms with Crippen LogP contribution in [-0.4, -0.2) is 62.0 Å². The summed E-state index contributed by atoms with van der Waals surface area (Å²) in [6.45, 7) is 1.25. The number of rotatable bonds is 5. The molecule has 0 unspecified atom stereocenters. The third-order valence-electron chi connectivity index (χ3n) is 4.71. The number of amides is 1. The van der Waals surface area contributed by atoms with Crippen LogP contribution in [0.25, 0.3) is 11.0 Å². The molecule has 0 atom stereocenters. The molecule has 30 heavy (non-hydrogen) atoms. The maximum atomic E-state index is 12.9. The van der Waals surface area contributed by atoms with Gasteiger partial charge < -0.3 is 14.8 Å². The smallest absolute Gasteiger partial charge is 0.275 e. The van der Waals surface area contributed by atoms with Gasteiger partial charge in [-0.2, -0.15) is 4.31 Å². The van der Waals surface area contributed by atoms with Crippen LogP contribution in [0.5, 0.6) is 5.75 Å². The van der Waals surface area contributed by atoms with Crippen LogP contribution in [0.4, 0.5) is 5.69 Å². The highest BCUT2D eigenvalue weighted by Gasteiger charge is 2.27. The number of sulfonamides is 1. The van der Waals surface area contributed by atoms with Crippen molar-refractivity contribution in [1.82, 2.24) is 14.3 Å². The molecular formula is C20H20N4O5S. The van der Waals surface area contributed by atoms with E-state index in [0.717, 1.165) is 0 Å². The lowest BCUT2D eigenvalue weighted by molar-refractivity contribution is 0.0730. The summed E-state index contributed by atoms with van der Waals surface area (Å²) in [5.41, 5.74) is 1.59. The molecule has 4 rings (SSSR count). The Balaban J connectivity index is 1.63. The van der Waals surface area contributed by atoms with Crippen LogP contribution in [0.15, 0.2) is 53.6 Å². The van der Waals surface area contributed by atoms with Gasteiger partial charge in [0.15, 0.2) is 0 Å². The van der Waals surface area contributed by atoms with Crippen molar-refractivity contribution in [2.24, 2.45) is 0 Å². The van der Waals surface area contributed by atoms with Gasteiger partial charge in [-0.15, -0.1) is 0 Å². The molecule has 0 aliphatic carbocycles. The summed E-state index contributed by atoms with van der Waals surface area (Å²) in [7, 11) is -2.28. The Kier molecular flexibility index (Phi) is 5.62. The van der Waals surface area contributed by atoms with E-state index >= 15 is 0 Å². The lowest BCUT2D eigenvalue weighted by atomic mass is 10.2. The molecule has 9 nitrogen and oxygen atoms in total.